The van der Waals surface area contributed by atoms with Crippen molar-refractivity contribution in [2.75, 3.05) is 13.2 Å². The Morgan fingerprint density at radius 2 is 1.32 bits per heavy atom. The molecule has 8 aliphatic rings. The molecule has 22 atom stereocenters. The van der Waals surface area contributed by atoms with E-state index in [2.05, 4.69) is 54.5 Å². The lowest BCUT2D eigenvalue weighted by atomic mass is 9.33. The Balaban J connectivity index is 1.06. The van der Waals surface area contributed by atoms with Crippen LogP contribution in [0.5, 0.6) is 0 Å². The van der Waals surface area contributed by atoms with Gasteiger partial charge in [-0.2, -0.15) is 0 Å². The summed E-state index contributed by atoms with van der Waals surface area (Å²) in [5, 5.41) is 83.3. The smallest absolute Gasteiger partial charge is 0.335 e. The van der Waals surface area contributed by atoms with Crippen molar-refractivity contribution >= 4 is 23.9 Å². The highest BCUT2D eigenvalue weighted by Gasteiger charge is 2.70. The number of hydrogen-bond donors (Lipinski definition) is 8. The maximum atomic E-state index is 14.7. The molecular formula is C51H78O20. The lowest BCUT2D eigenvalue weighted by molar-refractivity contribution is -0.355. The van der Waals surface area contributed by atoms with Gasteiger partial charge in [-0.1, -0.05) is 60.1 Å². The number of fused-ring (bicyclic) bond motifs is 7. The number of carbonyl (C=O) groups is 4. The van der Waals surface area contributed by atoms with Gasteiger partial charge in [0.2, 0.25) is 6.29 Å². The maximum absolute atomic E-state index is 14.7. The number of aliphatic hydroxyl groups excluding tert-OH is 7. The molecule has 20 heteroatoms. The van der Waals surface area contributed by atoms with Crippen molar-refractivity contribution in [1.29, 1.82) is 0 Å². The van der Waals surface area contributed by atoms with Crippen molar-refractivity contribution in [3.05, 3.63) is 11.6 Å². The van der Waals surface area contributed by atoms with Crippen molar-refractivity contribution in [1.82, 2.24) is 0 Å². The van der Waals surface area contributed by atoms with Crippen molar-refractivity contribution in [3.63, 3.8) is 0 Å². The Bertz CT molecular complexity index is 2060. The summed E-state index contributed by atoms with van der Waals surface area (Å²) in [7, 11) is 0. The molecule has 0 radical (unpaired) electrons. The highest BCUT2D eigenvalue weighted by atomic mass is 16.8. The lowest BCUT2D eigenvalue weighted by Gasteiger charge is -2.71. The molecule has 3 aliphatic heterocycles. The number of esters is 3. The van der Waals surface area contributed by atoms with E-state index in [-0.39, 0.29) is 39.4 Å². The van der Waals surface area contributed by atoms with Crippen LogP contribution in [0.4, 0.5) is 0 Å². The van der Waals surface area contributed by atoms with Crippen LogP contribution >= 0.6 is 0 Å². The zero-order valence-electron chi connectivity index (χ0n) is 42.4. The van der Waals surface area contributed by atoms with Crippen LogP contribution < -0.4 is 0 Å². The van der Waals surface area contributed by atoms with Gasteiger partial charge >= 0.3 is 23.9 Å². The third-order valence-corrected chi connectivity index (χ3v) is 19.4. The second-order valence-corrected chi connectivity index (χ2v) is 24.2. The van der Waals surface area contributed by atoms with Crippen molar-refractivity contribution in [2.45, 2.75) is 219 Å². The normalized spacial score (nSPS) is 49.0. The van der Waals surface area contributed by atoms with E-state index in [0.717, 1.165) is 46.0 Å². The summed E-state index contributed by atoms with van der Waals surface area (Å²) < 4.78 is 47.3. The first-order valence-electron chi connectivity index (χ1n) is 25.5. The van der Waals surface area contributed by atoms with Gasteiger partial charge in [0.05, 0.1) is 24.7 Å². The van der Waals surface area contributed by atoms with Gasteiger partial charge in [0, 0.05) is 13.8 Å². The summed E-state index contributed by atoms with van der Waals surface area (Å²) in [6, 6.07) is 0. The SMILES string of the molecule is CC(=O)O[C@@H]1[C@@H](OC(C)=O)[C@H](O[C@H]2CC[C@]3(C)[C@H]4CC=C5[C@@H]6CC(C)(C)CC[C@]6(C(=O)O[C@@H]6O[C@H](CO)[C@@H](O)[C@H](O)[C@H]6O)CC[C@@]5(C)[C@]4(C)CC[C@H]3C2(C)C)O[C@H](C(=O)O)[C@H]1O[C@@H]1OC[C@@H](O)[C@H](O)[C@H]1O. The van der Waals surface area contributed by atoms with Crippen molar-refractivity contribution < 1.29 is 97.9 Å². The Hall–Kier alpha value is -2.86. The van der Waals surface area contributed by atoms with Crippen LogP contribution in [-0.4, -0.2) is 170 Å². The van der Waals surface area contributed by atoms with Gasteiger partial charge in [-0.15, -0.1) is 0 Å². The summed E-state index contributed by atoms with van der Waals surface area (Å²) in [6.45, 7) is 16.9. The predicted octanol–water partition coefficient (Wildman–Crippen LogP) is 2.01. The molecular weight excluding hydrogens is 933 g/mol. The minimum absolute atomic E-state index is 0.0771. The summed E-state index contributed by atoms with van der Waals surface area (Å²) in [5.74, 6) is -3.64. The fourth-order valence-corrected chi connectivity index (χ4v) is 15.3. The van der Waals surface area contributed by atoms with Crippen LogP contribution in [0.3, 0.4) is 0 Å². The van der Waals surface area contributed by atoms with Crippen molar-refractivity contribution in [3.8, 4) is 0 Å². The van der Waals surface area contributed by atoms with Gasteiger partial charge in [-0.3, -0.25) is 14.4 Å². The zero-order valence-corrected chi connectivity index (χ0v) is 42.4. The Kier molecular flexibility index (Phi) is 14.8. The molecule has 3 heterocycles. The zero-order chi connectivity index (χ0) is 52.1. The second kappa shape index (κ2) is 19.4. The number of aliphatic hydroxyl groups is 7. The fraction of sp³-hybridized carbons (Fsp3) is 0.882. The van der Waals surface area contributed by atoms with E-state index in [1.165, 1.54) is 5.57 Å². The molecule has 0 aromatic heterocycles. The average molecular weight is 1010 g/mol. The Labute approximate surface area is 414 Å². The van der Waals surface area contributed by atoms with E-state index in [4.69, 9.17) is 37.9 Å². The molecule has 20 nitrogen and oxygen atoms in total. The lowest BCUT2D eigenvalue weighted by Crippen LogP contribution is -2.67. The van der Waals surface area contributed by atoms with Gasteiger partial charge in [0.1, 0.15) is 48.8 Å². The largest absolute Gasteiger partial charge is 0.479 e. The first kappa shape index (κ1) is 54.4. The van der Waals surface area contributed by atoms with Crippen LogP contribution in [0, 0.1) is 50.2 Å². The van der Waals surface area contributed by atoms with E-state index in [1.54, 1.807) is 0 Å². The topological polar surface area (TPSA) is 304 Å². The molecule has 0 unspecified atom stereocenters. The third-order valence-electron chi connectivity index (χ3n) is 19.4. The molecule has 0 aromatic rings. The number of aliphatic carboxylic acids is 1. The average Bonchev–Trinajstić information content (AvgIpc) is 3.28. The highest BCUT2D eigenvalue weighted by Crippen LogP contribution is 2.76. The summed E-state index contributed by atoms with van der Waals surface area (Å²) in [5.41, 5.74) is -1.09. The molecule has 7 fully saturated rings. The quantitative estimate of drug-likeness (QED) is 0.0672. The number of allylic oxidation sites excluding steroid dienone is 2. The van der Waals surface area contributed by atoms with E-state index in [1.807, 2.05) is 0 Å². The van der Waals surface area contributed by atoms with Gasteiger partial charge in [-0.05, 0) is 109 Å². The number of hydrogen-bond acceptors (Lipinski definition) is 19. The van der Waals surface area contributed by atoms with E-state index >= 15 is 0 Å². The van der Waals surface area contributed by atoms with Gasteiger partial charge in [0.15, 0.2) is 30.9 Å². The molecule has 402 valence electrons. The van der Waals surface area contributed by atoms with E-state index in [9.17, 15) is 60.0 Å². The van der Waals surface area contributed by atoms with Crippen LogP contribution in [0.2, 0.25) is 0 Å². The Morgan fingerprint density at radius 1 is 0.676 bits per heavy atom. The van der Waals surface area contributed by atoms with Gasteiger partial charge in [-0.25, -0.2) is 4.79 Å². The molecule has 0 bridgehead atoms. The molecule has 4 saturated carbocycles. The number of carboxylic acids is 1. The molecule has 71 heavy (non-hydrogen) atoms. The number of carbonyl (C=O) groups excluding carboxylic acids is 3. The fourth-order valence-electron chi connectivity index (χ4n) is 15.3. The molecule has 5 aliphatic carbocycles. The summed E-state index contributed by atoms with van der Waals surface area (Å²) in [4.78, 5) is 53.1. The molecule has 3 saturated heterocycles. The van der Waals surface area contributed by atoms with Crippen LogP contribution in [-0.2, 0) is 57.1 Å². The van der Waals surface area contributed by atoms with E-state index < -0.39 is 140 Å². The summed E-state index contributed by atoms with van der Waals surface area (Å²) >= 11 is 0. The molecule has 0 amide bonds. The maximum Gasteiger partial charge on any atom is 0.335 e. The minimum Gasteiger partial charge on any atom is -0.479 e. The van der Waals surface area contributed by atoms with Crippen LogP contribution in [0.1, 0.15) is 127 Å². The highest BCUT2D eigenvalue weighted by molar-refractivity contribution is 5.79. The molecule has 0 spiro atoms. The Morgan fingerprint density at radius 3 is 1.97 bits per heavy atom. The number of rotatable bonds is 10. The van der Waals surface area contributed by atoms with Crippen LogP contribution in [0.25, 0.3) is 0 Å². The van der Waals surface area contributed by atoms with Gasteiger partial charge in [0.25, 0.3) is 0 Å². The number of ether oxygens (including phenoxy) is 8. The van der Waals surface area contributed by atoms with E-state index in [0.29, 0.717) is 32.1 Å². The monoisotopic (exact) mass is 1010 g/mol. The van der Waals surface area contributed by atoms with Crippen molar-refractivity contribution in [2.24, 2.45) is 50.2 Å². The second-order valence-electron chi connectivity index (χ2n) is 24.2. The third kappa shape index (κ3) is 9.08. The molecule has 8 N–H and O–H groups in total. The van der Waals surface area contributed by atoms with Crippen LogP contribution in [0.15, 0.2) is 11.6 Å². The van der Waals surface area contributed by atoms with Gasteiger partial charge < -0.3 is 78.7 Å². The first-order chi connectivity index (χ1) is 33.1. The predicted molar refractivity (Wildman–Crippen MR) is 244 cm³/mol. The minimum atomic E-state index is -1.91. The standard InChI is InChI=1S/C51H78O20/c1-23(53)65-38-37(69-42-35(59)32(56)27(55)22-64-42)39(41(61)62)70-44(40(38)66-24(2)54)68-31-13-14-48(7)29(47(31,5)6)12-15-50(9)30(48)11-10-25-26-20-46(3,4)16-18-51(26,19-17-49(25,50)8)45(63)71-43-36(60)34(58)33(57)28(21-52)67-43/h10,26-40,42-44,52,55-60H,11-22H2,1-9H3,(H,61,62)/t26-,27+,28+,29-,30+,31-,32-,33+,34-,35+,36+,37-,38-,39-,40+,42-,43-,44+,48-,49+,50+,51-/m0/s1. The molecule has 0 aromatic carbocycles. The summed E-state index contributed by atoms with van der Waals surface area (Å²) in [6.07, 6.45) is -14.1. The molecule has 8 rings (SSSR count). The first-order valence-corrected chi connectivity index (χ1v) is 25.5. The number of carboxylic acid groups (broad SMARTS) is 1.